The number of hydrogen-bond acceptors (Lipinski definition) is 2. The summed E-state index contributed by atoms with van der Waals surface area (Å²) < 4.78 is 26.3. The molecule has 0 saturated heterocycles. The highest BCUT2D eigenvalue weighted by Gasteiger charge is 2.22. The predicted octanol–water partition coefficient (Wildman–Crippen LogP) is 2.49. The molecule has 6 heteroatoms. The Bertz CT molecular complexity index is 557. The third-order valence-corrected chi connectivity index (χ3v) is 4.09. The molecule has 22 heavy (non-hydrogen) atoms. The standard InChI is InChI=1S/C16H20F2N2O2/c1-20(12-5-3-2-4-6-12)15(21)10-19-16(22)13-8-7-11(17)9-14(13)18/h7-9,12H,2-6,10H2,1H3,(H,19,22). The first-order chi connectivity index (χ1) is 10.5. The Hall–Kier alpha value is -1.98. The Balaban J connectivity index is 1.88. The van der Waals surface area contributed by atoms with Gasteiger partial charge in [0, 0.05) is 19.2 Å². The van der Waals surface area contributed by atoms with E-state index in [1.807, 2.05) is 0 Å². The number of hydrogen-bond donors (Lipinski definition) is 1. The van der Waals surface area contributed by atoms with Crippen LogP contribution in [0.1, 0.15) is 42.5 Å². The van der Waals surface area contributed by atoms with Crippen LogP contribution in [0.4, 0.5) is 8.78 Å². The maximum Gasteiger partial charge on any atom is 0.254 e. The summed E-state index contributed by atoms with van der Waals surface area (Å²) in [5, 5.41) is 2.39. The number of benzene rings is 1. The van der Waals surface area contributed by atoms with Crippen molar-refractivity contribution in [1.29, 1.82) is 0 Å². The second-order valence-corrected chi connectivity index (χ2v) is 5.60. The van der Waals surface area contributed by atoms with Crippen LogP contribution in [0.5, 0.6) is 0 Å². The Morgan fingerprint density at radius 3 is 2.55 bits per heavy atom. The molecule has 0 aromatic heterocycles. The molecule has 2 amide bonds. The van der Waals surface area contributed by atoms with Gasteiger partial charge in [-0.1, -0.05) is 19.3 Å². The minimum absolute atomic E-state index is 0.192. The van der Waals surface area contributed by atoms with Crippen molar-refractivity contribution in [2.24, 2.45) is 0 Å². The molecule has 120 valence electrons. The van der Waals surface area contributed by atoms with Gasteiger partial charge in [-0.25, -0.2) is 8.78 Å². The lowest BCUT2D eigenvalue weighted by molar-refractivity contribution is -0.131. The zero-order chi connectivity index (χ0) is 16.1. The van der Waals surface area contributed by atoms with Crippen LogP contribution in [-0.2, 0) is 4.79 Å². The molecule has 1 aromatic rings. The molecule has 1 aliphatic carbocycles. The third-order valence-electron chi connectivity index (χ3n) is 4.09. The van der Waals surface area contributed by atoms with Crippen molar-refractivity contribution in [1.82, 2.24) is 10.2 Å². The summed E-state index contributed by atoms with van der Waals surface area (Å²) in [6, 6.07) is 2.93. The van der Waals surface area contributed by atoms with Gasteiger partial charge in [-0.2, -0.15) is 0 Å². The van der Waals surface area contributed by atoms with Crippen molar-refractivity contribution in [2.45, 2.75) is 38.1 Å². The predicted molar refractivity (Wildman–Crippen MR) is 78.3 cm³/mol. The Morgan fingerprint density at radius 2 is 1.91 bits per heavy atom. The van der Waals surface area contributed by atoms with Gasteiger partial charge >= 0.3 is 0 Å². The minimum atomic E-state index is -0.939. The summed E-state index contributed by atoms with van der Waals surface area (Å²) >= 11 is 0. The van der Waals surface area contributed by atoms with E-state index in [1.165, 1.54) is 6.42 Å². The summed E-state index contributed by atoms with van der Waals surface area (Å²) in [5.74, 6) is -2.61. The Morgan fingerprint density at radius 1 is 1.23 bits per heavy atom. The number of halogens is 2. The van der Waals surface area contributed by atoms with Crippen LogP contribution in [0.25, 0.3) is 0 Å². The average molecular weight is 310 g/mol. The fourth-order valence-corrected chi connectivity index (χ4v) is 2.72. The molecule has 0 aliphatic heterocycles. The molecule has 1 aromatic carbocycles. The molecule has 1 saturated carbocycles. The van der Waals surface area contributed by atoms with E-state index in [0.717, 1.165) is 37.8 Å². The van der Waals surface area contributed by atoms with Crippen LogP contribution in [0.15, 0.2) is 18.2 Å². The lowest BCUT2D eigenvalue weighted by atomic mass is 9.94. The second-order valence-electron chi connectivity index (χ2n) is 5.60. The Kier molecular flexibility index (Phi) is 5.46. The van der Waals surface area contributed by atoms with Crippen molar-refractivity contribution in [3.63, 3.8) is 0 Å². The van der Waals surface area contributed by atoms with Gasteiger partial charge in [0.15, 0.2) is 0 Å². The third kappa shape index (κ3) is 4.02. The molecule has 1 fully saturated rings. The lowest BCUT2D eigenvalue weighted by Crippen LogP contribution is -2.44. The largest absolute Gasteiger partial charge is 0.343 e. The van der Waals surface area contributed by atoms with Gasteiger partial charge in [-0.3, -0.25) is 9.59 Å². The van der Waals surface area contributed by atoms with Crippen molar-refractivity contribution >= 4 is 11.8 Å². The van der Waals surface area contributed by atoms with Crippen molar-refractivity contribution in [3.05, 3.63) is 35.4 Å². The zero-order valence-corrected chi connectivity index (χ0v) is 12.6. The van der Waals surface area contributed by atoms with E-state index in [9.17, 15) is 18.4 Å². The van der Waals surface area contributed by atoms with Gasteiger partial charge < -0.3 is 10.2 Å². The molecule has 0 radical (unpaired) electrons. The number of nitrogens with one attached hydrogen (secondary N) is 1. The molecule has 0 spiro atoms. The van der Waals surface area contributed by atoms with Crippen LogP contribution in [0.2, 0.25) is 0 Å². The lowest BCUT2D eigenvalue weighted by Gasteiger charge is -2.31. The van der Waals surface area contributed by atoms with Crippen molar-refractivity contribution in [3.8, 4) is 0 Å². The van der Waals surface area contributed by atoms with E-state index in [2.05, 4.69) is 5.32 Å². The van der Waals surface area contributed by atoms with Gasteiger partial charge in [-0.15, -0.1) is 0 Å². The van der Waals surface area contributed by atoms with E-state index in [0.29, 0.717) is 6.07 Å². The fraction of sp³-hybridized carbons (Fsp3) is 0.500. The first kappa shape index (κ1) is 16.4. The topological polar surface area (TPSA) is 49.4 Å². The SMILES string of the molecule is CN(C(=O)CNC(=O)c1ccc(F)cc1F)C1CCCCC1. The van der Waals surface area contributed by atoms with E-state index in [4.69, 9.17) is 0 Å². The summed E-state index contributed by atoms with van der Waals surface area (Å²) in [7, 11) is 1.73. The first-order valence-electron chi connectivity index (χ1n) is 7.48. The van der Waals surface area contributed by atoms with E-state index in [1.54, 1.807) is 11.9 Å². The number of amides is 2. The van der Waals surface area contributed by atoms with Gasteiger partial charge in [0.1, 0.15) is 11.6 Å². The molecule has 1 N–H and O–H groups in total. The highest BCUT2D eigenvalue weighted by atomic mass is 19.1. The molecule has 0 heterocycles. The number of carbonyl (C=O) groups excluding carboxylic acids is 2. The second kappa shape index (κ2) is 7.33. The zero-order valence-electron chi connectivity index (χ0n) is 12.6. The maximum absolute atomic E-state index is 13.5. The van der Waals surface area contributed by atoms with Gasteiger partial charge in [0.25, 0.3) is 5.91 Å². The normalized spacial score (nSPS) is 15.4. The molecular formula is C16H20F2N2O2. The molecular weight excluding hydrogens is 290 g/mol. The van der Waals surface area contributed by atoms with Crippen LogP contribution >= 0.6 is 0 Å². The molecule has 0 unspecified atom stereocenters. The Labute approximate surface area is 128 Å². The number of nitrogens with zero attached hydrogens (tertiary/aromatic N) is 1. The highest BCUT2D eigenvalue weighted by molar-refractivity contribution is 5.96. The van der Waals surface area contributed by atoms with E-state index in [-0.39, 0.29) is 24.1 Å². The van der Waals surface area contributed by atoms with Crippen LogP contribution in [0.3, 0.4) is 0 Å². The van der Waals surface area contributed by atoms with Crippen LogP contribution < -0.4 is 5.32 Å². The summed E-state index contributed by atoms with van der Waals surface area (Å²) in [5.41, 5.74) is -0.269. The van der Waals surface area contributed by atoms with Crippen molar-refractivity contribution in [2.75, 3.05) is 13.6 Å². The van der Waals surface area contributed by atoms with Crippen LogP contribution in [-0.4, -0.2) is 36.3 Å². The smallest absolute Gasteiger partial charge is 0.254 e. The van der Waals surface area contributed by atoms with E-state index < -0.39 is 17.5 Å². The number of likely N-dealkylation sites (N-methyl/N-ethyl adjacent to an activating group) is 1. The monoisotopic (exact) mass is 310 g/mol. The first-order valence-corrected chi connectivity index (χ1v) is 7.48. The van der Waals surface area contributed by atoms with Gasteiger partial charge in [-0.05, 0) is 25.0 Å². The van der Waals surface area contributed by atoms with Crippen molar-refractivity contribution < 1.29 is 18.4 Å². The molecule has 2 rings (SSSR count). The summed E-state index contributed by atoms with van der Waals surface area (Å²) in [6.07, 6.45) is 5.36. The molecule has 4 nitrogen and oxygen atoms in total. The quantitative estimate of drug-likeness (QED) is 0.929. The molecule has 0 bridgehead atoms. The molecule has 1 aliphatic rings. The summed E-state index contributed by atoms with van der Waals surface area (Å²) in [6.45, 7) is -0.192. The fourth-order valence-electron chi connectivity index (χ4n) is 2.72. The van der Waals surface area contributed by atoms with E-state index >= 15 is 0 Å². The number of carbonyl (C=O) groups is 2. The van der Waals surface area contributed by atoms with Crippen LogP contribution in [0, 0.1) is 11.6 Å². The highest BCUT2D eigenvalue weighted by Crippen LogP contribution is 2.21. The van der Waals surface area contributed by atoms with Gasteiger partial charge in [0.05, 0.1) is 12.1 Å². The maximum atomic E-state index is 13.5. The van der Waals surface area contributed by atoms with Gasteiger partial charge in [0.2, 0.25) is 5.91 Å². The number of rotatable bonds is 4. The minimum Gasteiger partial charge on any atom is -0.343 e. The average Bonchev–Trinajstić information content (AvgIpc) is 2.52. The molecule has 0 atom stereocenters. The summed E-state index contributed by atoms with van der Waals surface area (Å²) in [4.78, 5) is 25.6.